The van der Waals surface area contributed by atoms with E-state index in [0.29, 0.717) is 18.1 Å². The number of hydrogen-bond acceptors (Lipinski definition) is 4. The van der Waals surface area contributed by atoms with Crippen molar-refractivity contribution in [1.29, 1.82) is 0 Å². The Hall–Kier alpha value is -1.58. The zero-order chi connectivity index (χ0) is 13.5. The van der Waals surface area contributed by atoms with E-state index in [1.165, 1.54) is 0 Å². The minimum Gasteiger partial charge on any atom is -0.462 e. The summed E-state index contributed by atoms with van der Waals surface area (Å²) in [5, 5.41) is 0. The Morgan fingerprint density at radius 2 is 2.17 bits per heavy atom. The molecule has 0 aliphatic heterocycles. The smallest absolute Gasteiger partial charge is 0.339 e. The Labute approximate surface area is 109 Å². The Morgan fingerprint density at radius 1 is 1.44 bits per heavy atom. The summed E-state index contributed by atoms with van der Waals surface area (Å²) in [4.78, 5) is 17.8. The molecule has 0 aromatic carbocycles. The van der Waals surface area contributed by atoms with Crippen LogP contribution in [0.25, 0.3) is 0 Å². The Kier molecular flexibility index (Phi) is 5.62. The lowest BCUT2D eigenvalue weighted by atomic mass is 10.1. The summed E-state index contributed by atoms with van der Waals surface area (Å²) in [7, 11) is 2.01. The normalized spacial score (nSPS) is 10.5. The number of pyridine rings is 1. The van der Waals surface area contributed by atoms with Gasteiger partial charge in [-0.25, -0.2) is 9.78 Å². The zero-order valence-electron chi connectivity index (χ0n) is 11.6. The van der Waals surface area contributed by atoms with Gasteiger partial charge in [-0.3, -0.25) is 0 Å². The number of anilines is 1. The first kappa shape index (κ1) is 14.5. The molecule has 0 aliphatic carbocycles. The van der Waals surface area contributed by atoms with E-state index in [1.54, 1.807) is 19.2 Å². The summed E-state index contributed by atoms with van der Waals surface area (Å²) in [6.45, 7) is 7.54. The molecule has 1 aromatic rings. The van der Waals surface area contributed by atoms with E-state index in [2.05, 4.69) is 23.7 Å². The van der Waals surface area contributed by atoms with Crippen molar-refractivity contribution in [2.45, 2.75) is 27.2 Å². The number of rotatable bonds is 6. The van der Waals surface area contributed by atoms with Gasteiger partial charge < -0.3 is 9.64 Å². The number of aromatic nitrogens is 1. The fourth-order valence-corrected chi connectivity index (χ4v) is 1.51. The van der Waals surface area contributed by atoms with Crippen LogP contribution in [0.5, 0.6) is 0 Å². The molecule has 4 heteroatoms. The molecule has 0 N–H and O–H groups in total. The van der Waals surface area contributed by atoms with Crippen LogP contribution in [0.1, 0.15) is 37.6 Å². The topological polar surface area (TPSA) is 42.4 Å². The SMILES string of the molecule is CCOC(=O)c1ccc(N(C)CCC(C)C)nc1. The number of nitrogens with zero attached hydrogens (tertiary/aromatic N) is 2. The second-order valence-corrected chi connectivity index (χ2v) is 4.73. The number of hydrogen-bond donors (Lipinski definition) is 0. The minimum absolute atomic E-state index is 0.318. The van der Waals surface area contributed by atoms with Crippen LogP contribution in [-0.2, 0) is 4.74 Å². The summed E-state index contributed by atoms with van der Waals surface area (Å²) < 4.78 is 4.91. The van der Waals surface area contributed by atoms with Crippen LogP contribution < -0.4 is 4.90 Å². The predicted molar refractivity (Wildman–Crippen MR) is 72.9 cm³/mol. The summed E-state index contributed by atoms with van der Waals surface area (Å²) in [5.74, 6) is 1.23. The number of carbonyl (C=O) groups excluding carboxylic acids is 1. The highest BCUT2D eigenvalue weighted by Gasteiger charge is 2.08. The molecule has 1 heterocycles. The van der Waals surface area contributed by atoms with Gasteiger partial charge in [-0.15, -0.1) is 0 Å². The van der Waals surface area contributed by atoms with Crippen LogP contribution in [-0.4, -0.2) is 31.2 Å². The molecule has 0 unspecified atom stereocenters. The van der Waals surface area contributed by atoms with Crippen molar-refractivity contribution in [1.82, 2.24) is 4.98 Å². The zero-order valence-corrected chi connectivity index (χ0v) is 11.6. The molecule has 0 bridgehead atoms. The number of ether oxygens (including phenoxy) is 1. The van der Waals surface area contributed by atoms with E-state index in [0.717, 1.165) is 18.8 Å². The molecule has 18 heavy (non-hydrogen) atoms. The lowest BCUT2D eigenvalue weighted by molar-refractivity contribution is 0.0526. The molecule has 0 saturated carbocycles. The van der Waals surface area contributed by atoms with Crippen LogP contribution in [0.2, 0.25) is 0 Å². The Morgan fingerprint density at radius 3 is 2.67 bits per heavy atom. The molecular weight excluding hydrogens is 228 g/mol. The van der Waals surface area contributed by atoms with Crippen molar-refractivity contribution < 1.29 is 9.53 Å². The van der Waals surface area contributed by atoms with E-state index >= 15 is 0 Å². The molecule has 0 radical (unpaired) electrons. The highest BCUT2D eigenvalue weighted by Crippen LogP contribution is 2.12. The first-order chi connectivity index (χ1) is 8.54. The third-order valence-electron chi connectivity index (χ3n) is 2.69. The lowest BCUT2D eigenvalue weighted by Gasteiger charge is -2.19. The molecular formula is C14H22N2O2. The van der Waals surface area contributed by atoms with Gasteiger partial charge in [-0.05, 0) is 31.4 Å². The van der Waals surface area contributed by atoms with Gasteiger partial charge in [0.2, 0.25) is 0 Å². The van der Waals surface area contributed by atoms with Gasteiger partial charge in [0, 0.05) is 19.8 Å². The van der Waals surface area contributed by atoms with Gasteiger partial charge in [0.15, 0.2) is 0 Å². The van der Waals surface area contributed by atoms with E-state index in [1.807, 2.05) is 13.1 Å². The van der Waals surface area contributed by atoms with E-state index in [4.69, 9.17) is 4.74 Å². The van der Waals surface area contributed by atoms with E-state index in [9.17, 15) is 4.79 Å². The molecule has 100 valence electrons. The van der Waals surface area contributed by atoms with Crippen LogP contribution in [0.15, 0.2) is 18.3 Å². The molecule has 4 nitrogen and oxygen atoms in total. The molecule has 0 spiro atoms. The van der Waals surface area contributed by atoms with Crippen LogP contribution in [0, 0.1) is 5.92 Å². The molecule has 0 saturated heterocycles. The van der Waals surface area contributed by atoms with Crippen molar-refractivity contribution in [3.63, 3.8) is 0 Å². The van der Waals surface area contributed by atoms with E-state index in [-0.39, 0.29) is 5.97 Å². The Bertz CT molecular complexity index is 374. The molecule has 0 atom stereocenters. The highest BCUT2D eigenvalue weighted by atomic mass is 16.5. The van der Waals surface area contributed by atoms with Gasteiger partial charge in [0.05, 0.1) is 12.2 Å². The average molecular weight is 250 g/mol. The maximum absolute atomic E-state index is 11.5. The maximum Gasteiger partial charge on any atom is 0.339 e. The summed E-state index contributed by atoms with van der Waals surface area (Å²) in [6.07, 6.45) is 2.69. The molecule has 0 aliphatic rings. The molecule has 1 rings (SSSR count). The lowest BCUT2D eigenvalue weighted by Crippen LogP contribution is -2.21. The minimum atomic E-state index is -0.318. The van der Waals surface area contributed by atoms with Crippen LogP contribution in [0.3, 0.4) is 0 Å². The van der Waals surface area contributed by atoms with Crippen molar-refractivity contribution in [2.24, 2.45) is 5.92 Å². The first-order valence-corrected chi connectivity index (χ1v) is 6.39. The quantitative estimate of drug-likeness (QED) is 0.728. The monoisotopic (exact) mass is 250 g/mol. The van der Waals surface area contributed by atoms with Gasteiger partial charge >= 0.3 is 5.97 Å². The highest BCUT2D eigenvalue weighted by molar-refractivity contribution is 5.89. The standard InChI is InChI=1S/C14H22N2O2/c1-5-18-14(17)12-6-7-13(15-10-12)16(4)9-8-11(2)3/h6-7,10-11H,5,8-9H2,1-4H3. The van der Waals surface area contributed by atoms with Crippen molar-refractivity contribution >= 4 is 11.8 Å². The Balaban J connectivity index is 2.61. The van der Waals surface area contributed by atoms with Crippen molar-refractivity contribution in [3.8, 4) is 0 Å². The molecule has 0 fully saturated rings. The fraction of sp³-hybridized carbons (Fsp3) is 0.571. The number of carbonyl (C=O) groups is 1. The summed E-state index contributed by atoms with van der Waals surface area (Å²) >= 11 is 0. The third-order valence-corrected chi connectivity index (χ3v) is 2.69. The first-order valence-electron chi connectivity index (χ1n) is 6.39. The number of esters is 1. The van der Waals surface area contributed by atoms with Gasteiger partial charge in [0.1, 0.15) is 5.82 Å². The third kappa shape index (κ3) is 4.35. The van der Waals surface area contributed by atoms with Crippen molar-refractivity contribution in [3.05, 3.63) is 23.9 Å². The fourth-order valence-electron chi connectivity index (χ4n) is 1.51. The van der Waals surface area contributed by atoms with Crippen LogP contribution >= 0.6 is 0 Å². The predicted octanol–water partition coefficient (Wildman–Crippen LogP) is 2.74. The average Bonchev–Trinajstić information content (AvgIpc) is 2.36. The molecule has 1 aromatic heterocycles. The summed E-state index contributed by atoms with van der Waals surface area (Å²) in [5.41, 5.74) is 0.498. The largest absolute Gasteiger partial charge is 0.462 e. The van der Waals surface area contributed by atoms with Gasteiger partial charge in [0.25, 0.3) is 0 Å². The maximum atomic E-state index is 11.5. The van der Waals surface area contributed by atoms with Gasteiger partial charge in [-0.1, -0.05) is 13.8 Å². The summed E-state index contributed by atoms with van der Waals surface area (Å²) in [6, 6.07) is 3.61. The molecule has 0 amide bonds. The second kappa shape index (κ2) is 6.99. The second-order valence-electron chi connectivity index (χ2n) is 4.73. The van der Waals surface area contributed by atoms with Crippen molar-refractivity contribution in [2.75, 3.05) is 25.1 Å². The van der Waals surface area contributed by atoms with Crippen LogP contribution in [0.4, 0.5) is 5.82 Å². The van der Waals surface area contributed by atoms with Gasteiger partial charge in [-0.2, -0.15) is 0 Å². The van der Waals surface area contributed by atoms with E-state index < -0.39 is 0 Å².